The summed E-state index contributed by atoms with van der Waals surface area (Å²) in [5, 5.41) is -1.83. The highest BCUT2D eigenvalue weighted by Crippen LogP contribution is 2.38. The number of hydrogen-bond acceptors (Lipinski definition) is 1. The molecule has 0 spiro atoms. The Bertz CT molecular complexity index is 220. The summed E-state index contributed by atoms with van der Waals surface area (Å²) in [5.41, 5.74) is -2.92. The monoisotopic (exact) mass is 226 g/mol. The maximum atomic E-state index is 11.6. The first-order chi connectivity index (χ1) is 5.55. The van der Waals surface area contributed by atoms with Crippen LogP contribution in [0.2, 0.25) is 0 Å². The Morgan fingerprint density at radius 3 is 1.38 bits per heavy atom. The summed E-state index contributed by atoms with van der Waals surface area (Å²) < 4.78 is 69.5. The summed E-state index contributed by atoms with van der Waals surface area (Å²) in [6.07, 6.45) is -12.0. The van der Waals surface area contributed by atoms with Crippen molar-refractivity contribution in [3.63, 3.8) is 0 Å². The van der Waals surface area contributed by atoms with Gasteiger partial charge < -0.3 is 0 Å². The molecule has 0 saturated carbocycles. The van der Waals surface area contributed by atoms with Crippen LogP contribution in [0.5, 0.6) is 0 Å². The fraction of sp³-hybridized carbons (Fsp3) is 0.400. The van der Waals surface area contributed by atoms with E-state index in [9.17, 15) is 31.1 Å². The summed E-state index contributed by atoms with van der Waals surface area (Å²) in [4.78, 5) is 9.84. The molecule has 0 N–H and O–H groups in total. The van der Waals surface area contributed by atoms with Crippen molar-refractivity contribution in [1.29, 1.82) is 0 Å². The SMILES string of the molecule is O=C(Cl)C=C(C(F)(F)F)C(F)(F)F. The summed E-state index contributed by atoms with van der Waals surface area (Å²) >= 11 is 4.37. The molecule has 0 bridgehead atoms. The highest BCUT2D eigenvalue weighted by Gasteiger charge is 2.51. The molecule has 0 radical (unpaired) electrons. The molecule has 0 aliphatic carbocycles. The number of carbonyl (C=O) groups excluding carboxylic acids is 1. The van der Waals surface area contributed by atoms with E-state index in [0.29, 0.717) is 0 Å². The molecule has 0 aliphatic rings. The number of halogens is 7. The van der Waals surface area contributed by atoms with Crippen LogP contribution < -0.4 is 0 Å². The predicted octanol–water partition coefficient (Wildman–Crippen LogP) is 2.80. The summed E-state index contributed by atoms with van der Waals surface area (Å²) in [5.74, 6) is 0. The first-order valence-corrected chi connectivity index (χ1v) is 2.98. The molecular weight excluding hydrogens is 225 g/mol. The average Bonchev–Trinajstić information content (AvgIpc) is 1.77. The molecule has 76 valence electrons. The molecule has 0 rings (SSSR count). The topological polar surface area (TPSA) is 17.1 Å². The van der Waals surface area contributed by atoms with Gasteiger partial charge in [-0.1, -0.05) is 0 Å². The van der Waals surface area contributed by atoms with Gasteiger partial charge in [-0.25, -0.2) is 0 Å². The third-order valence-corrected chi connectivity index (χ3v) is 0.978. The maximum Gasteiger partial charge on any atom is 0.421 e. The number of carbonyl (C=O) groups is 1. The smallest absolute Gasteiger partial charge is 0.276 e. The van der Waals surface area contributed by atoms with E-state index in [2.05, 4.69) is 11.6 Å². The van der Waals surface area contributed by atoms with Crippen LogP contribution >= 0.6 is 11.6 Å². The maximum absolute atomic E-state index is 11.6. The van der Waals surface area contributed by atoms with Crippen LogP contribution in [0.1, 0.15) is 0 Å². The van der Waals surface area contributed by atoms with Crippen LogP contribution in [0.15, 0.2) is 11.6 Å². The van der Waals surface area contributed by atoms with Crippen LogP contribution in [0, 0.1) is 0 Å². The van der Waals surface area contributed by atoms with Gasteiger partial charge in [0.1, 0.15) is 5.57 Å². The minimum atomic E-state index is -5.64. The largest absolute Gasteiger partial charge is 0.421 e. The van der Waals surface area contributed by atoms with E-state index in [-0.39, 0.29) is 0 Å². The minimum absolute atomic E-state index is 0.707. The molecule has 0 amide bonds. The summed E-state index contributed by atoms with van der Waals surface area (Å²) in [7, 11) is 0. The van der Waals surface area contributed by atoms with Crippen molar-refractivity contribution in [2.75, 3.05) is 0 Å². The zero-order valence-electron chi connectivity index (χ0n) is 5.63. The molecule has 0 aromatic carbocycles. The molecule has 0 fully saturated rings. The van der Waals surface area contributed by atoms with E-state index in [1.165, 1.54) is 0 Å². The molecule has 0 aromatic rings. The van der Waals surface area contributed by atoms with Gasteiger partial charge in [-0.15, -0.1) is 0 Å². The van der Waals surface area contributed by atoms with Gasteiger partial charge in [-0.05, 0) is 11.6 Å². The van der Waals surface area contributed by atoms with E-state index in [1.807, 2.05) is 0 Å². The lowest BCUT2D eigenvalue weighted by molar-refractivity contribution is -0.172. The Morgan fingerprint density at radius 1 is 1.00 bits per heavy atom. The molecule has 0 aliphatic heterocycles. The quantitative estimate of drug-likeness (QED) is 0.382. The average molecular weight is 227 g/mol. The molecule has 0 saturated heterocycles. The minimum Gasteiger partial charge on any atom is -0.276 e. The Labute approximate surface area is 73.0 Å². The molecule has 0 unspecified atom stereocenters. The Hall–Kier alpha value is -0.720. The van der Waals surface area contributed by atoms with Gasteiger partial charge in [0.25, 0.3) is 0 Å². The predicted molar refractivity (Wildman–Crippen MR) is 31.1 cm³/mol. The number of alkyl halides is 6. The van der Waals surface area contributed by atoms with Gasteiger partial charge in [-0.3, -0.25) is 4.79 Å². The van der Waals surface area contributed by atoms with Crippen molar-refractivity contribution >= 4 is 16.8 Å². The number of rotatable bonds is 1. The number of hydrogen-bond donors (Lipinski definition) is 0. The standard InChI is InChI=1S/C5HClF6O/c6-3(13)1-2(4(7,8)9)5(10,11)12/h1H. The molecule has 0 heterocycles. The van der Waals surface area contributed by atoms with E-state index in [0.717, 1.165) is 0 Å². The zero-order valence-corrected chi connectivity index (χ0v) is 6.39. The van der Waals surface area contributed by atoms with E-state index < -0.39 is 29.2 Å². The lowest BCUT2D eigenvalue weighted by Gasteiger charge is -2.13. The van der Waals surface area contributed by atoms with Crippen LogP contribution in [-0.2, 0) is 4.79 Å². The Kier molecular flexibility index (Phi) is 3.37. The fourth-order valence-corrected chi connectivity index (χ4v) is 0.547. The second kappa shape index (κ2) is 3.57. The van der Waals surface area contributed by atoms with Gasteiger partial charge >= 0.3 is 12.4 Å². The van der Waals surface area contributed by atoms with Gasteiger partial charge in [0.15, 0.2) is 0 Å². The van der Waals surface area contributed by atoms with Gasteiger partial charge in [0.05, 0.1) is 0 Å². The van der Waals surface area contributed by atoms with Crippen molar-refractivity contribution in [3.8, 4) is 0 Å². The molecule has 13 heavy (non-hydrogen) atoms. The van der Waals surface area contributed by atoms with Gasteiger partial charge in [-0.2, -0.15) is 26.3 Å². The van der Waals surface area contributed by atoms with Crippen molar-refractivity contribution in [3.05, 3.63) is 11.6 Å². The van der Waals surface area contributed by atoms with Gasteiger partial charge in [0.2, 0.25) is 5.24 Å². The first kappa shape index (κ1) is 12.3. The second-order valence-corrected chi connectivity index (χ2v) is 2.23. The van der Waals surface area contributed by atoms with Crippen LogP contribution in [-0.4, -0.2) is 17.6 Å². The highest BCUT2D eigenvalue weighted by molar-refractivity contribution is 6.66. The Balaban J connectivity index is 5.13. The molecular formula is C5HClF6O. The van der Waals surface area contributed by atoms with Crippen molar-refractivity contribution in [2.24, 2.45) is 0 Å². The van der Waals surface area contributed by atoms with Crippen molar-refractivity contribution < 1.29 is 31.1 Å². The normalized spacial score (nSPS) is 12.5. The molecule has 0 atom stereocenters. The van der Waals surface area contributed by atoms with Crippen molar-refractivity contribution in [1.82, 2.24) is 0 Å². The third kappa shape index (κ3) is 4.16. The Morgan fingerprint density at radius 2 is 1.31 bits per heavy atom. The van der Waals surface area contributed by atoms with E-state index >= 15 is 0 Å². The van der Waals surface area contributed by atoms with E-state index in [4.69, 9.17) is 0 Å². The van der Waals surface area contributed by atoms with Crippen LogP contribution in [0.3, 0.4) is 0 Å². The van der Waals surface area contributed by atoms with Crippen molar-refractivity contribution in [2.45, 2.75) is 12.4 Å². The molecule has 1 nitrogen and oxygen atoms in total. The van der Waals surface area contributed by atoms with Gasteiger partial charge in [0, 0.05) is 6.08 Å². The lowest BCUT2D eigenvalue weighted by Crippen LogP contribution is -2.26. The lowest BCUT2D eigenvalue weighted by atomic mass is 10.2. The summed E-state index contributed by atoms with van der Waals surface area (Å²) in [6.45, 7) is 0. The number of allylic oxidation sites excluding steroid dienone is 2. The second-order valence-electron chi connectivity index (χ2n) is 1.86. The summed E-state index contributed by atoms with van der Waals surface area (Å²) in [6, 6.07) is 0. The third-order valence-electron chi connectivity index (χ3n) is 0.869. The first-order valence-electron chi connectivity index (χ1n) is 2.60. The molecule has 8 heteroatoms. The zero-order chi connectivity index (χ0) is 10.9. The van der Waals surface area contributed by atoms with E-state index in [1.54, 1.807) is 0 Å². The fourth-order valence-electron chi connectivity index (χ4n) is 0.438. The van der Waals surface area contributed by atoms with Crippen LogP contribution in [0.4, 0.5) is 26.3 Å². The van der Waals surface area contributed by atoms with Crippen LogP contribution in [0.25, 0.3) is 0 Å². The highest BCUT2D eigenvalue weighted by atomic mass is 35.5. The molecule has 0 aromatic heterocycles.